The van der Waals surface area contributed by atoms with Gasteiger partial charge in [-0.15, -0.1) is 5.10 Å². The van der Waals surface area contributed by atoms with E-state index >= 15 is 0 Å². The van der Waals surface area contributed by atoms with Crippen molar-refractivity contribution in [3.05, 3.63) is 10.3 Å². The minimum absolute atomic E-state index is 0.247. The van der Waals surface area contributed by atoms with Crippen molar-refractivity contribution in [3.63, 3.8) is 0 Å². The molecule has 1 aromatic heterocycles. The average Bonchev–Trinajstić information content (AvgIpc) is 2.43. The number of hydrogen-bond acceptors (Lipinski definition) is 3. The lowest BCUT2D eigenvalue weighted by atomic mass is 10.00. The highest BCUT2D eigenvalue weighted by Crippen LogP contribution is 2.15. The Bertz CT molecular complexity index is 276. The Balaban J connectivity index is 2.53. The molecule has 0 aromatic carbocycles. The van der Waals surface area contributed by atoms with Gasteiger partial charge in [-0.2, -0.15) is 0 Å². The van der Waals surface area contributed by atoms with Crippen molar-refractivity contribution in [1.82, 2.24) is 15.0 Å². The van der Waals surface area contributed by atoms with Crippen molar-refractivity contribution in [1.29, 1.82) is 0 Å². The van der Waals surface area contributed by atoms with Gasteiger partial charge >= 0.3 is 0 Å². The number of aryl methyl sites for hydroxylation is 1. The van der Waals surface area contributed by atoms with Crippen LogP contribution in [0.4, 0.5) is 0 Å². The van der Waals surface area contributed by atoms with E-state index in [0.29, 0.717) is 5.92 Å². The second-order valence-corrected chi connectivity index (χ2v) is 4.65. The number of hydrogen-bond donors (Lipinski definition) is 1. The van der Waals surface area contributed by atoms with Crippen LogP contribution in [0, 0.1) is 5.92 Å². The maximum absolute atomic E-state index is 5.97. The second kappa shape index (κ2) is 4.89. The van der Waals surface area contributed by atoms with Gasteiger partial charge in [-0.25, -0.2) is 0 Å². The molecule has 0 fully saturated rings. The summed E-state index contributed by atoms with van der Waals surface area (Å²) in [6.45, 7) is 4.28. The molecule has 1 unspecified atom stereocenters. The first kappa shape index (κ1) is 11.7. The lowest BCUT2D eigenvalue weighted by molar-refractivity contribution is 0.458. The van der Waals surface area contributed by atoms with Gasteiger partial charge in [0, 0.05) is 13.1 Å². The quantitative estimate of drug-likeness (QED) is 0.893. The Hall–Kier alpha value is -0.420. The van der Waals surface area contributed by atoms with Gasteiger partial charge in [0.25, 0.3) is 0 Å². The first-order chi connectivity index (χ1) is 6.52. The molecule has 14 heavy (non-hydrogen) atoms. The van der Waals surface area contributed by atoms with Crippen LogP contribution in [-0.2, 0) is 13.5 Å². The summed E-state index contributed by atoms with van der Waals surface area (Å²) in [4.78, 5) is 0. The van der Waals surface area contributed by atoms with E-state index in [2.05, 4.69) is 40.1 Å². The highest BCUT2D eigenvalue weighted by atomic mass is 79.9. The largest absolute Gasteiger partial charge is 0.327 e. The van der Waals surface area contributed by atoms with Crippen LogP contribution in [0.25, 0.3) is 0 Å². The van der Waals surface area contributed by atoms with Crippen molar-refractivity contribution >= 4 is 15.9 Å². The van der Waals surface area contributed by atoms with Crippen molar-refractivity contribution in [2.75, 3.05) is 0 Å². The standard InChI is InChI=1S/C9H17BrN4/c1-6(2)7(11)4-5-8-9(10)12-13-14(8)3/h6-7H,4-5,11H2,1-3H3. The first-order valence-corrected chi connectivity index (χ1v) is 5.61. The lowest BCUT2D eigenvalue weighted by Gasteiger charge is -2.14. The molecule has 5 heteroatoms. The fraction of sp³-hybridized carbons (Fsp3) is 0.778. The molecule has 0 amide bonds. The summed E-state index contributed by atoms with van der Waals surface area (Å²) in [6, 6.07) is 0.247. The smallest absolute Gasteiger partial charge is 0.151 e. The van der Waals surface area contributed by atoms with Crippen LogP contribution >= 0.6 is 15.9 Å². The molecule has 0 saturated heterocycles. The number of rotatable bonds is 4. The average molecular weight is 261 g/mol. The first-order valence-electron chi connectivity index (χ1n) is 4.82. The molecule has 0 aliphatic heterocycles. The fourth-order valence-electron chi connectivity index (χ4n) is 1.25. The number of nitrogens with zero attached hydrogens (tertiary/aromatic N) is 3. The van der Waals surface area contributed by atoms with Gasteiger partial charge in [0.15, 0.2) is 4.60 Å². The van der Waals surface area contributed by atoms with E-state index in [9.17, 15) is 0 Å². The van der Waals surface area contributed by atoms with Crippen molar-refractivity contribution in [2.24, 2.45) is 18.7 Å². The van der Waals surface area contributed by atoms with Gasteiger partial charge < -0.3 is 5.73 Å². The van der Waals surface area contributed by atoms with Crippen LogP contribution in [0.3, 0.4) is 0 Å². The van der Waals surface area contributed by atoms with E-state index in [4.69, 9.17) is 5.73 Å². The van der Waals surface area contributed by atoms with Gasteiger partial charge in [0.1, 0.15) is 0 Å². The van der Waals surface area contributed by atoms with Crippen molar-refractivity contribution in [2.45, 2.75) is 32.7 Å². The molecule has 0 saturated carbocycles. The molecule has 0 spiro atoms. The SMILES string of the molecule is CC(C)C(N)CCc1c(Br)nnn1C. The molecule has 0 aliphatic carbocycles. The molecule has 0 bridgehead atoms. The van der Waals surface area contributed by atoms with Crippen LogP contribution in [0.5, 0.6) is 0 Å². The molecule has 1 atom stereocenters. The normalized spacial score (nSPS) is 13.6. The summed E-state index contributed by atoms with van der Waals surface area (Å²) < 4.78 is 2.62. The van der Waals surface area contributed by atoms with Crippen LogP contribution in [0.1, 0.15) is 26.0 Å². The monoisotopic (exact) mass is 260 g/mol. The van der Waals surface area contributed by atoms with Crippen LogP contribution in [0.2, 0.25) is 0 Å². The zero-order valence-electron chi connectivity index (χ0n) is 8.87. The van der Waals surface area contributed by atoms with E-state index in [1.54, 1.807) is 4.68 Å². The molecule has 1 rings (SSSR count). The third kappa shape index (κ3) is 2.78. The summed E-state index contributed by atoms with van der Waals surface area (Å²) in [7, 11) is 1.90. The maximum atomic E-state index is 5.97. The van der Waals surface area contributed by atoms with E-state index in [0.717, 1.165) is 23.1 Å². The topological polar surface area (TPSA) is 56.7 Å². The Kier molecular flexibility index (Phi) is 4.07. The van der Waals surface area contributed by atoms with Crippen molar-refractivity contribution in [3.8, 4) is 0 Å². The van der Waals surface area contributed by atoms with E-state index in [1.807, 2.05) is 7.05 Å². The van der Waals surface area contributed by atoms with Gasteiger partial charge in [-0.1, -0.05) is 19.1 Å². The van der Waals surface area contributed by atoms with Gasteiger partial charge in [0.05, 0.1) is 5.69 Å². The Morgan fingerprint density at radius 2 is 2.14 bits per heavy atom. The molecular weight excluding hydrogens is 244 g/mol. The minimum atomic E-state index is 0.247. The summed E-state index contributed by atoms with van der Waals surface area (Å²) in [6.07, 6.45) is 1.89. The summed E-state index contributed by atoms with van der Waals surface area (Å²) in [5, 5.41) is 7.85. The zero-order chi connectivity index (χ0) is 10.7. The van der Waals surface area contributed by atoms with E-state index in [1.165, 1.54) is 0 Å². The Morgan fingerprint density at radius 3 is 2.57 bits per heavy atom. The minimum Gasteiger partial charge on any atom is -0.327 e. The third-order valence-electron chi connectivity index (χ3n) is 2.47. The molecule has 80 valence electrons. The lowest BCUT2D eigenvalue weighted by Crippen LogP contribution is -2.27. The number of halogens is 1. The molecule has 1 heterocycles. The maximum Gasteiger partial charge on any atom is 0.151 e. The van der Waals surface area contributed by atoms with Gasteiger partial charge in [0.2, 0.25) is 0 Å². The van der Waals surface area contributed by atoms with Crippen molar-refractivity contribution < 1.29 is 0 Å². The fourth-order valence-corrected chi connectivity index (χ4v) is 1.78. The zero-order valence-corrected chi connectivity index (χ0v) is 10.5. The van der Waals surface area contributed by atoms with Crippen LogP contribution in [-0.4, -0.2) is 21.0 Å². The summed E-state index contributed by atoms with van der Waals surface area (Å²) >= 11 is 3.37. The predicted octanol–water partition coefficient (Wildman–Crippen LogP) is 1.49. The highest BCUT2D eigenvalue weighted by molar-refractivity contribution is 9.10. The van der Waals surface area contributed by atoms with Crippen LogP contribution in [0.15, 0.2) is 4.60 Å². The summed E-state index contributed by atoms with van der Waals surface area (Å²) in [5.41, 5.74) is 7.08. The van der Waals surface area contributed by atoms with Gasteiger partial charge in [-0.3, -0.25) is 4.68 Å². The number of nitrogens with two attached hydrogens (primary N) is 1. The molecule has 0 aliphatic rings. The molecule has 1 aromatic rings. The van der Waals surface area contributed by atoms with E-state index < -0.39 is 0 Å². The second-order valence-electron chi connectivity index (χ2n) is 3.90. The van der Waals surface area contributed by atoms with Crippen LogP contribution < -0.4 is 5.73 Å². The molecule has 4 nitrogen and oxygen atoms in total. The Labute approximate surface area is 93.0 Å². The van der Waals surface area contributed by atoms with E-state index in [-0.39, 0.29) is 6.04 Å². The predicted molar refractivity (Wildman–Crippen MR) is 59.8 cm³/mol. The highest BCUT2D eigenvalue weighted by Gasteiger charge is 2.12. The molecule has 2 N–H and O–H groups in total. The molecule has 0 radical (unpaired) electrons. The number of aromatic nitrogens is 3. The molecular formula is C9H17BrN4. The van der Waals surface area contributed by atoms with Gasteiger partial charge in [-0.05, 0) is 34.7 Å². The third-order valence-corrected chi connectivity index (χ3v) is 3.08. The Morgan fingerprint density at radius 1 is 1.50 bits per heavy atom. The summed E-state index contributed by atoms with van der Waals surface area (Å²) in [5.74, 6) is 0.523.